The molecule has 0 aromatic heterocycles. The normalized spacial score (nSPS) is 11.1. The molecular weight excluding hydrogens is 296 g/mol. The van der Waals surface area contributed by atoms with E-state index in [1.807, 2.05) is 0 Å². The van der Waals surface area contributed by atoms with Crippen LogP contribution in [0.1, 0.15) is 10.4 Å². The average molecular weight is 307 g/mol. The minimum atomic E-state index is -3.54. The van der Waals surface area contributed by atoms with Crippen LogP contribution >= 0.6 is 15.9 Å². The van der Waals surface area contributed by atoms with Crippen molar-refractivity contribution < 1.29 is 13.2 Å². The van der Waals surface area contributed by atoms with E-state index in [9.17, 15) is 13.2 Å². The summed E-state index contributed by atoms with van der Waals surface area (Å²) in [6.07, 6.45) is 0. The van der Waals surface area contributed by atoms with Crippen LogP contribution in [-0.4, -0.2) is 26.6 Å². The van der Waals surface area contributed by atoms with Crippen LogP contribution in [-0.2, 0) is 10.0 Å². The summed E-state index contributed by atoms with van der Waals surface area (Å²) >= 11 is 3.22. The van der Waals surface area contributed by atoms with Gasteiger partial charge in [-0.3, -0.25) is 4.79 Å². The number of benzene rings is 1. The van der Waals surface area contributed by atoms with Crippen molar-refractivity contribution in [2.75, 3.05) is 12.3 Å². The summed E-state index contributed by atoms with van der Waals surface area (Å²) in [6.45, 7) is -0.000991. The molecule has 1 aromatic carbocycles. The van der Waals surface area contributed by atoms with Crippen molar-refractivity contribution in [3.8, 4) is 0 Å². The van der Waals surface area contributed by atoms with E-state index in [0.29, 0.717) is 10.0 Å². The first kappa shape index (κ1) is 13.1. The fourth-order valence-corrected chi connectivity index (χ4v) is 1.90. The van der Waals surface area contributed by atoms with Gasteiger partial charge in [-0.05, 0) is 28.1 Å². The highest BCUT2D eigenvalue weighted by atomic mass is 79.9. The highest BCUT2D eigenvalue weighted by molar-refractivity contribution is 9.10. The molecular formula is C9H11BrN2O3S. The van der Waals surface area contributed by atoms with E-state index in [0.717, 1.165) is 0 Å². The maximum atomic E-state index is 11.6. The number of nitrogens with two attached hydrogens (primary N) is 1. The van der Waals surface area contributed by atoms with E-state index in [2.05, 4.69) is 21.2 Å². The molecule has 0 bridgehead atoms. The van der Waals surface area contributed by atoms with Crippen LogP contribution in [0.5, 0.6) is 0 Å². The number of carbonyl (C=O) groups excluding carboxylic acids is 1. The average Bonchev–Trinajstić information content (AvgIpc) is 2.16. The molecule has 0 aliphatic rings. The second kappa shape index (κ2) is 5.42. The van der Waals surface area contributed by atoms with Gasteiger partial charge in [-0.25, -0.2) is 13.6 Å². The molecule has 1 aromatic rings. The van der Waals surface area contributed by atoms with Crippen molar-refractivity contribution in [2.24, 2.45) is 5.14 Å². The summed E-state index contributed by atoms with van der Waals surface area (Å²) in [5, 5.41) is 7.27. The number of sulfonamides is 1. The first-order valence-corrected chi connectivity index (χ1v) is 6.94. The topological polar surface area (TPSA) is 89.3 Å². The van der Waals surface area contributed by atoms with E-state index < -0.39 is 10.0 Å². The molecule has 0 saturated heterocycles. The molecule has 0 spiro atoms. The van der Waals surface area contributed by atoms with Gasteiger partial charge in [-0.1, -0.05) is 12.1 Å². The van der Waals surface area contributed by atoms with Gasteiger partial charge in [0.25, 0.3) is 5.91 Å². The van der Waals surface area contributed by atoms with Gasteiger partial charge in [-0.2, -0.15) is 0 Å². The highest BCUT2D eigenvalue weighted by Gasteiger charge is 2.09. The number of carbonyl (C=O) groups is 1. The van der Waals surface area contributed by atoms with Gasteiger partial charge in [-0.15, -0.1) is 0 Å². The lowest BCUT2D eigenvalue weighted by Gasteiger charge is -2.05. The van der Waals surface area contributed by atoms with Crippen LogP contribution in [0, 0.1) is 0 Å². The van der Waals surface area contributed by atoms with Crippen LogP contribution in [0.2, 0.25) is 0 Å². The lowest BCUT2D eigenvalue weighted by Crippen LogP contribution is -2.31. The summed E-state index contributed by atoms with van der Waals surface area (Å²) in [4.78, 5) is 11.6. The second-order valence-corrected chi connectivity index (χ2v) is 5.69. The lowest BCUT2D eigenvalue weighted by atomic mass is 10.2. The standard InChI is InChI=1S/C9H11BrN2O3S/c10-8-4-2-1-3-7(8)9(13)12-5-6-16(11,14)15/h1-4H,5-6H2,(H,12,13)(H2,11,14,15). The number of hydrogen-bond donors (Lipinski definition) is 2. The van der Waals surface area contributed by atoms with Crippen molar-refractivity contribution >= 4 is 31.9 Å². The largest absolute Gasteiger partial charge is 0.351 e. The molecule has 1 rings (SSSR count). The quantitative estimate of drug-likeness (QED) is 0.847. The Morgan fingerprint density at radius 2 is 2.00 bits per heavy atom. The fourth-order valence-electron chi connectivity index (χ4n) is 1.05. The number of halogens is 1. The first-order valence-electron chi connectivity index (χ1n) is 4.43. The number of primary sulfonamides is 1. The summed E-state index contributed by atoms with van der Waals surface area (Å²) in [6, 6.07) is 6.87. The van der Waals surface area contributed by atoms with Gasteiger partial charge in [0.05, 0.1) is 11.3 Å². The van der Waals surface area contributed by atoms with Crippen LogP contribution in [0.25, 0.3) is 0 Å². The third-order valence-electron chi connectivity index (χ3n) is 1.79. The minimum absolute atomic E-state index is 0.000991. The summed E-state index contributed by atoms with van der Waals surface area (Å²) < 4.78 is 21.9. The molecule has 1 amide bonds. The Balaban J connectivity index is 2.57. The SMILES string of the molecule is NS(=O)(=O)CCNC(=O)c1ccccc1Br. The zero-order valence-electron chi connectivity index (χ0n) is 8.31. The zero-order valence-corrected chi connectivity index (χ0v) is 10.7. The molecule has 0 fully saturated rings. The van der Waals surface area contributed by atoms with Gasteiger partial charge in [0.1, 0.15) is 0 Å². The van der Waals surface area contributed by atoms with E-state index in [-0.39, 0.29) is 18.2 Å². The van der Waals surface area contributed by atoms with Crippen molar-refractivity contribution in [3.05, 3.63) is 34.3 Å². The maximum Gasteiger partial charge on any atom is 0.252 e. The molecule has 0 heterocycles. The van der Waals surface area contributed by atoms with Crippen molar-refractivity contribution in [3.63, 3.8) is 0 Å². The minimum Gasteiger partial charge on any atom is -0.351 e. The van der Waals surface area contributed by atoms with Gasteiger partial charge in [0.15, 0.2) is 0 Å². The predicted molar refractivity (Wildman–Crippen MR) is 64.4 cm³/mol. The van der Waals surface area contributed by atoms with Crippen molar-refractivity contribution in [1.82, 2.24) is 5.32 Å². The van der Waals surface area contributed by atoms with E-state index in [1.54, 1.807) is 24.3 Å². The number of amides is 1. The zero-order chi connectivity index (χ0) is 12.2. The van der Waals surface area contributed by atoms with Crippen molar-refractivity contribution in [2.45, 2.75) is 0 Å². The Bertz CT molecular complexity index is 487. The Hall–Kier alpha value is -0.920. The number of rotatable bonds is 4. The monoisotopic (exact) mass is 306 g/mol. The van der Waals surface area contributed by atoms with Crippen molar-refractivity contribution in [1.29, 1.82) is 0 Å². The number of nitrogens with one attached hydrogen (secondary N) is 1. The van der Waals surface area contributed by atoms with Gasteiger partial charge in [0.2, 0.25) is 10.0 Å². The molecule has 16 heavy (non-hydrogen) atoms. The molecule has 0 saturated carbocycles. The Kier molecular flexibility index (Phi) is 4.45. The second-order valence-electron chi connectivity index (χ2n) is 3.10. The van der Waals surface area contributed by atoms with Crippen LogP contribution in [0.3, 0.4) is 0 Å². The van der Waals surface area contributed by atoms with Crippen LogP contribution < -0.4 is 10.5 Å². The molecule has 0 unspecified atom stereocenters. The molecule has 0 radical (unpaired) electrons. The van der Waals surface area contributed by atoms with Crippen LogP contribution in [0.4, 0.5) is 0 Å². The Morgan fingerprint density at radius 1 is 1.38 bits per heavy atom. The summed E-state index contributed by atoms with van der Waals surface area (Å²) in [5.41, 5.74) is 0.455. The lowest BCUT2D eigenvalue weighted by molar-refractivity contribution is 0.0955. The molecule has 7 heteroatoms. The van der Waals surface area contributed by atoms with Gasteiger partial charge in [0, 0.05) is 11.0 Å². The Labute approximate surface area is 102 Å². The van der Waals surface area contributed by atoms with E-state index in [4.69, 9.17) is 5.14 Å². The maximum absolute atomic E-state index is 11.6. The summed E-state index contributed by atoms with van der Waals surface area (Å²) in [5.74, 6) is -0.612. The predicted octanol–water partition coefficient (Wildman–Crippen LogP) is 0.467. The van der Waals surface area contributed by atoms with Crippen LogP contribution in [0.15, 0.2) is 28.7 Å². The third kappa shape index (κ3) is 4.30. The number of hydrogen-bond acceptors (Lipinski definition) is 3. The molecule has 88 valence electrons. The van der Waals surface area contributed by atoms with E-state index >= 15 is 0 Å². The molecule has 5 nitrogen and oxygen atoms in total. The first-order chi connectivity index (χ1) is 7.40. The summed E-state index contributed by atoms with van der Waals surface area (Å²) in [7, 11) is -3.54. The highest BCUT2D eigenvalue weighted by Crippen LogP contribution is 2.15. The van der Waals surface area contributed by atoms with Gasteiger partial charge >= 0.3 is 0 Å². The molecule has 0 atom stereocenters. The third-order valence-corrected chi connectivity index (χ3v) is 3.26. The molecule has 3 N–H and O–H groups in total. The Morgan fingerprint density at radius 3 is 2.56 bits per heavy atom. The van der Waals surface area contributed by atoms with Gasteiger partial charge < -0.3 is 5.32 Å². The molecule has 0 aliphatic heterocycles. The fraction of sp³-hybridized carbons (Fsp3) is 0.222. The smallest absolute Gasteiger partial charge is 0.252 e. The molecule has 0 aliphatic carbocycles. The van der Waals surface area contributed by atoms with E-state index in [1.165, 1.54) is 0 Å².